The minimum absolute atomic E-state index is 0.0359. The molecule has 0 unspecified atom stereocenters. The van der Waals surface area contributed by atoms with Gasteiger partial charge in [0.05, 0.1) is 16.0 Å². The Bertz CT molecular complexity index is 1380. The summed E-state index contributed by atoms with van der Waals surface area (Å²) >= 11 is 7.03. The molecule has 10 heteroatoms. The minimum atomic E-state index is -3.71. The van der Waals surface area contributed by atoms with Crippen LogP contribution in [0.4, 0.5) is 0 Å². The summed E-state index contributed by atoms with van der Waals surface area (Å²) in [5, 5.41) is 14.7. The third kappa shape index (κ3) is 5.33. The fraction of sp³-hybridized carbons (Fsp3) is 0.500. The predicted molar refractivity (Wildman–Crippen MR) is 155 cm³/mol. The number of hydrogen-bond donors (Lipinski definition) is 2. The first-order valence-corrected chi connectivity index (χ1v) is 15.9. The molecule has 0 aliphatic heterocycles. The number of benzene rings is 2. The lowest BCUT2D eigenvalue weighted by atomic mass is 9.49. The number of nitrogens with one attached hydrogen (secondary N) is 1. The van der Waals surface area contributed by atoms with E-state index in [1.807, 2.05) is 6.92 Å². The van der Waals surface area contributed by atoms with E-state index in [0.717, 1.165) is 34.0 Å². The molecule has 2 N–H and O–H groups in total. The van der Waals surface area contributed by atoms with E-state index >= 15 is 0 Å². The van der Waals surface area contributed by atoms with Crippen molar-refractivity contribution in [2.75, 3.05) is 13.2 Å². The maximum atomic E-state index is 12.7. The Morgan fingerprint density at radius 1 is 1.18 bits per heavy atom. The van der Waals surface area contributed by atoms with Crippen LogP contribution in [-0.2, 0) is 25.1 Å². The summed E-state index contributed by atoms with van der Waals surface area (Å²) < 4.78 is 29.3. The van der Waals surface area contributed by atoms with Crippen molar-refractivity contribution in [1.29, 1.82) is 0 Å². The van der Waals surface area contributed by atoms with Crippen LogP contribution < -0.4 is 4.72 Å². The highest BCUT2D eigenvalue weighted by Crippen LogP contribution is 2.58. The number of hydrogen-bond acceptors (Lipinski definition) is 5. The zero-order valence-electron chi connectivity index (χ0n) is 22.1. The van der Waals surface area contributed by atoms with Crippen LogP contribution in [0.1, 0.15) is 76.0 Å². The molecule has 3 atom stereocenters. The number of carboxylic acids is 1. The van der Waals surface area contributed by atoms with E-state index in [2.05, 4.69) is 74.6 Å². The Kier molecular flexibility index (Phi) is 8.48. The van der Waals surface area contributed by atoms with Gasteiger partial charge in [0.2, 0.25) is 10.0 Å². The van der Waals surface area contributed by atoms with E-state index in [9.17, 15) is 18.3 Å². The summed E-state index contributed by atoms with van der Waals surface area (Å²) in [7, 11) is -3.71. The summed E-state index contributed by atoms with van der Waals surface area (Å²) in [6.07, 6.45) is 2.85. The Hall–Kier alpha value is -1.75. The van der Waals surface area contributed by atoms with Gasteiger partial charge in [-0.15, -0.1) is 0 Å². The fourth-order valence-corrected chi connectivity index (χ4v) is 8.94. The molecule has 2 aliphatic rings. The topological polar surface area (TPSA) is 105 Å². The molecule has 2 aliphatic carbocycles. The smallest absolute Gasteiger partial charge is 0.309 e. The lowest BCUT2D eigenvalue weighted by Crippen LogP contribution is -2.53. The molecule has 2 aromatic rings. The van der Waals surface area contributed by atoms with E-state index in [1.165, 1.54) is 6.07 Å². The van der Waals surface area contributed by atoms with Crippen LogP contribution in [0.3, 0.4) is 0 Å². The summed E-state index contributed by atoms with van der Waals surface area (Å²) in [4.78, 5) is 18.3. The van der Waals surface area contributed by atoms with Crippen molar-refractivity contribution in [2.24, 2.45) is 16.5 Å². The second kappa shape index (κ2) is 11.0. The lowest BCUT2D eigenvalue weighted by Gasteiger charge is -2.53. The Labute approximate surface area is 241 Å². The van der Waals surface area contributed by atoms with Crippen LogP contribution in [0.15, 0.2) is 55.4 Å². The lowest BCUT2D eigenvalue weighted by molar-refractivity contribution is -0.156. The quantitative estimate of drug-likeness (QED) is 0.244. The number of aliphatic carboxylic acids is 1. The summed E-state index contributed by atoms with van der Waals surface area (Å²) in [5.74, 6) is -0.650. The van der Waals surface area contributed by atoms with Gasteiger partial charge in [-0.3, -0.25) is 4.79 Å². The first-order chi connectivity index (χ1) is 17.8. The third-order valence-corrected chi connectivity index (χ3v) is 11.4. The van der Waals surface area contributed by atoms with Gasteiger partial charge in [0.25, 0.3) is 0 Å². The molecule has 0 amide bonds. The number of carboxylic acid groups (broad SMARTS) is 1. The number of fused-ring (bicyclic) bond motifs is 3. The van der Waals surface area contributed by atoms with Crippen molar-refractivity contribution < 1.29 is 23.2 Å². The van der Waals surface area contributed by atoms with E-state index in [-0.39, 0.29) is 35.3 Å². The molecule has 1 fully saturated rings. The largest absolute Gasteiger partial charge is 0.481 e. The van der Waals surface area contributed by atoms with Crippen LogP contribution in [0.5, 0.6) is 0 Å². The Morgan fingerprint density at radius 2 is 1.89 bits per heavy atom. The van der Waals surface area contributed by atoms with E-state index < -0.39 is 21.4 Å². The van der Waals surface area contributed by atoms with Crippen molar-refractivity contribution in [3.05, 3.63) is 62.0 Å². The SMILES string of the molecule is CC(C)c1cc2c(cc1Br)[C@@]1(C)CCC[C@@](C)(C(=O)O)[C@@H]1C/C2=N\OCCNS(=O)(=O)c1ccccc1Br. The third-order valence-electron chi connectivity index (χ3n) is 8.29. The number of halogens is 2. The van der Waals surface area contributed by atoms with Gasteiger partial charge >= 0.3 is 5.97 Å². The molecule has 0 spiro atoms. The van der Waals surface area contributed by atoms with Gasteiger partial charge in [-0.05, 0) is 94.8 Å². The summed E-state index contributed by atoms with van der Waals surface area (Å²) in [6.45, 7) is 8.38. The maximum absolute atomic E-state index is 12.7. The van der Waals surface area contributed by atoms with Crippen molar-refractivity contribution in [3.8, 4) is 0 Å². The average molecular weight is 670 g/mol. The standard InChI is InChI=1S/C28H34Br2N2O5S/c1-17(2)18-14-19-20(15-22(18)30)27(3)10-7-11-28(4,26(33)34)25(27)16-23(19)32-37-13-12-31-38(35,36)24-9-6-5-8-21(24)29/h5-6,8-9,14-15,17,25,31H,7,10-13,16H2,1-4H3,(H,33,34)/b32-23+/t25-,27-,28-/m1/s1. The molecular formula is C28H34Br2N2O5S. The molecule has 0 aromatic heterocycles. The molecule has 38 heavy (non-hydrogen) atoms. The van der Waals surface area contributed by atoms with Gasteiger partial charge in [-0.2, -0.15) is 0 Å². The second-order valence-corrected chi connectivity index (χ2v) is 14.5. The highest BCUT2D eigenvalue weighted by molar-refractivity contribution is 9.10. The molecule has 7 nitrogen and oxygen atoms in total. The Morgan fingerprint density at radius 3 is 2.55 bits per heavy atom. The van der Waals surface area contributed by atoms with E-state index in [0.29, 0.717) is 23.0 Å². The molecule has 4 rings (SSSR count). The highest BCUT2D eigenvalue weighted by Gasteiger charge is 2.56. The zero-order chi connectivity index (χ0) is 27.9. The molecule has 2 aromatic carbocycles. The van der Waals surface area contributed by atoms with Gasteiger partial charge in [0.15, 0.2) is 0 Å². The molecule has 0 bridgehead atoms. The van der Waals surface area contributed by atoms with Crippen LogP contribution in [0.25, 0.3) is 0 Å². The van der Waals surface area contributed by atoms with Gasteiger partial charge in [0.1, 0.15) is 6.61 Å². The van der Waals surface area contributed by atoms with E-state index in [4.69, 9.17) is 4.84 Å². The monoisotopic (exact) mass is 668 g/mol. The van der Waals surface area contributed by atoms with Gasteiger partial charge in [0, 0.05) is 21.1 Å². The number of carbonyl (C=O) groups is 1. The van der Waals surface area contributed by atoms with Crippen LogP contribution in [0.2, 0.25) is 0 Å². The zero-order valence-corrected chi connectivity index (χ0v) is 26.0. The first kappa shape index (κ1) is 29.2. The maximum Gasteiger partial charge on any atom is 0.309 e. The molecule has 1 saturated carbocycles. The fourth-order valence-electron chi connectivity index (χ4n) is 6.12. The number of oxime groups is 1. The number of sulfonamides is 1. The molecule has 0 heterocycles. The Balaban J connectivity index is 1.62. The van der Waals surface area contributed by atoms with Gasteiger partial charge in [-0.1, -0.05) is 60.4 Å². The molecular weight excluding hydrogens is 636 g/mol. The highest BCUT2D eigenvalue weighted by atomic mass is 79.9. The first-order valence-electron chi connectivity index (χ1n) is 12.8. The van der Waals surface area contributed by atoms with Crippen LogP contribution in [0, 0.1) is 11.3 Å². The van der Waals surface area contributed by atoms with Crippen LogP contribution in [-0.4, -0.2) is 38.4 Å². The average Bonchev–Trinajstić information content (AvgIpc) is 2.84. The summed E-state index contributed by atoms with van der Waals surface area (Å²) in [5.41, 5.74) is 2.74. The molecule has 206 valence electrons. The predicted octanol–water partition coefficient (Wildman–Crippen LogP) is 6.59. The van der Waals surface area contributed by atoms with Crippen molar-refractivity contribution >= 4 is 53.6 Å². The van der Waals surface area contributed by atoms with Crippen molar-refractivity contribution in [3.63, 3.8) is 0 Å². The number of rotatable bonds is 8. The summed E-state index contributed by atoms with van der Waals surface area (Å²) in [6, 6.07) is 10.9. The molecule has 0 saturated heterocycles. The second-order valence-electron chi connectivity index (χ2n) is 11.0. The van der Waals surface area contributed by atoms with Crippen molar-refractivity contribution in [2.45, 2.75) is 69.6 Å². The van der Waals surface area contributed by atoms with Gasteiger partial charge in [-0.25, -0.2) is 13.1 Å². The van der Waals surface area contributed by atoms with Crippen molar-refractivity contribution in [1.82, 2.24) is 4.72 Å². The van der Waals surface area contributed by atoms with E-state index in [1.54, 1.807) is 18.2 Å². The van der Waals surface area contributed by atoms with Crippen LogP contribution >= 0.6 is 31.9 Å². The number of nitrogens with zero attached hydrogens (tertiary/aromatic N) is 1. The minimum Gasteiger partial charge on any atom is -0.481 e. The normalized spacial score (nSPS) is 26.2. The molecule has 0 radical (unpaired) electrons. The van der Waals surface area contributed by atoms with Gasteiger partial charge < -0.3 is 9.94 Å².